The molecule has 3 rings (SSSR count). The second-order valence-electron chi connectivity index (χ2n) is 5.92. The molecule has 2 aromatic heterocycles. The van der Waals surface area contributed by atoms with Gasteiger partial charge in [0.05, 0.1) is 18.8 Å². The fraction of sp³-hybridized carbons (Fsp3) is 0.250. The van der Waals surface area contributed by atoms with Crippen molar-refractivity contribution >= 4 is 5.91 Å². The van der Waals surface area contributed by atoms with Crippen molar-refractivity contribution in [2.75, 3.05) is 0 Å². The summed E-state index contributed by atoms with van der Waals surface area (Å²) in [6.07, 6.45) is 6.63. The highest BCUT2D eigenvalue weighted by Crippen LogP contribution is 2.17. The van der Waals surface area contributed by atoms with Crippen molar-refractivity contribution in [2.24, 2.45) is 0 Å². The summed E-state index contributed by atoms with van der Waals surface area (Å²) < 4.78 is 10.4. The van der Waals surface area contributed by atoms with Gasteiger partial charge >= 0.3 is 0 Å². The fourth-order valence-corrected chi connectivity index (χ4v) is 2.72. The minimum atomic E-state index is -0.0956. The smallest absolute Gasteiger partial charge is 0.290 e. The van der Waals surface area contributed by atoms with Crippen LogP contribution in [0.1, 0.15) is 35.0 Å². The topological polar surface area (TPSA) is 46.6 Å². The van der Waals surface area contributed by atoms with Crippen LogP contribution in [0, 0.1) is 0 Å². The quantitative estimate of drug-likeness (QED) is 0.641. The standard InChI is InChI=1S/C20H21NO3/c1-16(9-10-17-6-3-2-4-7-17)21(14-18-11-13-23-15-18)20(22)19-8-5-12-24-19/h2-8,11-13,15-16H,9-10,14H2,1H3/t16-/m0/s1. The molecule has 4 heteroatoms. The van der Waals surface area contributed by atoms with Crippen molar-refractivity contribution in [3.8, 4) is 0 Å². The number of carbonyl (C=O) groups excluding carboxylic acids is 1. The van der Waals surface area contributed by atoms with Crippen LogP contribution < -0.4 is 0 Å². The second-order valence-corrected chi connectivity index (χ2v) is 5.92. The van der Waals surface area contributed by atoms with E-state index in [1.165, 1.54) is 11.8 Å². The lowest BCUT2D eigenvalue weighted by atomic mass is 10.0. The van der Waals surface area contributed by atoms with E-state index in [1.54, 1.807) is 24.7 Å². The molecule has 0 unspecified atom stereocenters. The van der Waals surface area contributed by atoms with Crippen molar-refractivity contribution in [1.29, 1.82) is 0 Å². The van der Waals surface area contributed by atoms with Crippen LogP contribution in [0.15, 0.2) is 76.2 Å². The zero-order valence-electron chi connectivity index (χ0n) is 13.7. The third-order valence-corrected chi connectivity index (χ3v) is 4.15. The summed E-state index contributed by atoms with van der Waals surface area (Å²) in [5.74, 6) is 0.270. The van der Waals surface area contributed by atoms with Gasteiger partial charge in [0.15, 0.2) is 5.76 Å². The van der Waals surface area contributed by atoms with E-state index in [2.05, 4.69) is 19.1 Å². The Bertz CT molecular complexity index is 733. The molecule has 1 aromatic carbocycles. The number of carbonyl (C=O) groups is 1. The van der Waals surface area contributed by atoms with Gasteiger partial charge in [0, 0.05) is 18.2 Å². The Morgan fingerprint density at radius 3 is 2.54 bits per heavy atom. The molecule has 0 saturated carbocycles. The minimum Gasteiger partial charge on any atom is -0.472 e. The summed E-state index contributed by atoms with van der Waals surface area (Å²) in [6, 6.07) is 15.7. The molecule has 1 amide bonds. The van der Waals surface area contributed by atoms with Gasteiger partial charge in [-0.1, -0.05) is 30.3 Å². The highest BCUT2D eigenvalue weighted by Gasteiger charge is 2.24. The number of hydrogen-bond donors (Lipinski definition) is 0. The van der Waals surface area contributed by atoms with Gasteiger partial charge in [0.25, 0.3) is 5.91 Å². The normalized spacial score (nSPS) is 12.0. The molecular formula is C20H21NO3. The van der Waals surface area contributed by atoms with Crippen molar-refractivity contribution in [2.45, 2.75) is 32.4 Å². The van der Waals surface area contributed by atoms with Crippen LogP contribution in [0.25, 0.3) is 0 Å². The van der Waals surface area contributed by atoms with E-state index in [0.29, 0.717) is 12.3 Å². The van der Waals surface area contributed by atoms with E-state index in [9.17, 15) is 4.79 Å². The van der Waals surface area contributed by atoms with Gasteiger partial charge in [-0.2, -0.15) is 0 Å². The zero-order valence-corrected chi connectivity index (χ0v) is 13.7. The lowest BCUT2D eigenvalue weighted by molar-refractivity contribution is 0.0634. The summed E-state index contributed by atoms with van der Waals surface area (Å²) in [6.45, 7) is 2.58. The maximum Gasteiger partial charge on any atom is 0.290 e. The van der Waals surface area contributed by atoms with Crippen LogP contribution in [0.5, 0.6) is 0 Å². The Balaban J connectivity index is 1.71. The monoisotopic (exact) mass is 323 g/mol. The van der Waals surface area contributed by atoms with Gasteiger partial charge in [-0.25, -0.2) is 0 Å². The van der Waals surface area contributed by atoms with Gasteiger partial charge in [-0.15, -0.1) is 0 Å². The minimum absolute atomic E-state index is 0.0812. The second kappa shape index (κ2) is 7.68. The lowest BCUT2D eigenvalue weighted by Gasteiger charge is -2.28. The Kier molecular flexibility index (Phi) is 5.16. The molecule has 0 radical (unpaired) electrons. The number of amides is 1. The SMILES string of the molecule is C[C@@H](CCc1ccccc1)N(Cc1ccoc1)C(=O)c1ccco1. The number of furan rings is 2. The first kappa shape index (κ1) is 16.1. The van der Waals surface area contributed by atoms with Gasteiger partial charge in [-0.05, 0) is 43.5 Å². The van der Waals surface area contributed by atoms with Crippen LogP contribution in [-0.4, -0.2) is 16.8 Å². The number of nitrogens with zero attached hydrogens (tertiary/aromatic N) is 1. The number of benzene rings is 1. The average molecular weight is 323 g/mol. The predicted octanol–water partition coefficient (Wildman–Crippen LogP) is 4.54. The molecule has 1 atom stereocenters. The molecule has 24 heavy (non-hydrogen) atoms. The molecule has 0 aliphatic heterocycles. The van der Waals surface area contributed by atoms with Gasteiger partial charge in [0.2, 0.25) is 0 Å². The van der Waals surface area contributed by atoms with E-state index < -0.39 is 0 Å². The van der Waals surface area contributed by atoms with Crippen LogP contribution in [-0.2, 0) is 13.0 Å². The Morgan fingerprint density at radius 1 is 1.04 bits per heavy atom. The van der Waals surface area contributed by atoms with E-state index in [1.807, 2.05) is 29.2 Å². The Labute approximate surface area is 141 Å². The van der Waals surface area contributed by atoms with Crippen molar-refractivity contribution in [1.82, 2.24) is 4.90 Å². The van der Waals surface area contributed by atoms with Gasteiger partial charge in [0.1, 0.15) is 0 Å². The summed E-state index contributed by atoms with van der Waals surface area (Å²) in [4.78, 5) is 14.6. The molecular weight excluding hydrogens is 302 g/mol. The lowest BCUT2D eigenvalue weighted by Crippen LogP contribution is -2.38. The van der Waals surface area contributed by atoms with Crippen LogP contribution in [0.4, 0.5) is 0 Å². The Hall–Kier alpha value is -2.75. The maximum atomic E-state index is 12.8. The number of hydrogen-bond acceptors (Lipinski definition) is 3. The maximum absolute atomic E-state index is 12.8. The molecule has 0 N–H and O–H groups in total. The summed E-state index contributed by atoms with van der Waals surface area (Å²) in [5.41, 5.74) is 2.25. The molecule has 2 heterocycles. The van der Waals surface area contributed by atoms with Crippen molar-refractivity contribution < 1.29 is 13.6 Å². The summed E-state index contributed by atoms with van der Waals surface area (Å²) >= 11 is 0. The first-order valence-corrected chi connectivity index (χ1v) is 8.13. The number of aryl methyl sites for hydroxylation is 1. The van der Waals surface area contributed by atoms with Gasteiger partial charge < -0.3 is 13.7 Å². The van der Waals surface area contributed by atoms with E-state index in [4.69, 9.17) is 8.83 Å². The molecule has 124 valence electrons. The molecule has 0 aliphatic rings. The first-order valence-electron chi connectivity index (χ1n) is 8.13. The molecule has 0 bridgehead atoms. The van der Waals surface area contributed by atoms with E-state index in [0.717, 1.165) is 18.4 Å². The molecule has 0 fully saturated rings. The first-order chi connectivity index (χ1) is 11.7. The molecule has 0 aliphatic carbocycles. The Morgan fingerprint density at radius 2 is 1.88 bits per heavy atom. The highest BCUT2D eigenvalue weighted by molar-refractivity contribution is 5.91. The van der Waals surface area contributed by atoms with Crippen LogP contribution in [0.3, 0.4) is 0 Å². The fourth-order valence-electron chi connectivity index (χ4n) is 2.72. The molecule has 0 spiro atoms. The number of rotatable bonds is 7. The van der Waals surface area contributed by atoms with E-state index >= 15 is 0 Å². The van der Waals surface area contributed by atoms with Gasteiger partial charge in [-0.3, -0.25) is 4.79 Å². The summed E-state index contributed by atoms with van der Waals surface area (Å²) in [5, 5.41) is 0. The largest absolute Gasteiger partial charge is 0.472 e. The third-order valence-electron chi connectivity index (χ3n) is 4.15. The third kappa shape index (κ3) is 3.96. The highest BCUT2D eigenvalue weighted by atomic mass is 16.3. The summed E-state index contributed by atoms with van der Waals surface area (Å²) in [7, 11) is 0. The van der Waals surface area contributed by atoms with Crippen molar-refractivity contribution in [3.05, 3.63) is 84.2 Å². The predicted molar refractivity (Wildman–Crippen MR) is 91.5 cm³/mol. The van der Waals surface area contributed by atoms with Crippen LogP contribution in [0.2, 0.25) is 0 Å². The average Bonchev–Trinajstić information content (AvgIpc) is 3.31. The van der Waals surface area contributed by atoms with Crippen LogP contribution >= 0.6 is 0 Å². The molecule has 0 saturated heterocycles. The van der Waals surface area contributed by atoms with Crippen molar-refractivity contribution in [3.63, 3.8) is 0 Å². The molecule has 3 aromatic rings. The van der Waals surface area contributed by atoms with E-state index in [-0.39, 0.29) is 11.9 Å². The molecule has 4 nitrogen and oxygen atoms in total. The zero-order chi connectivity index (χ0) is 16.8.